The van der Waals surface area contributed by atoms with Gasteiger partial charge >= 0.3 is 0 Å². The van der Waals surface area contributed by atoms with Gasteiger partial charge in [0.15, 0.2) is 0 Å². The maximum absolute atomic E-state index is 16.0. The minimum atomic E-state index is -1.47. The van der Waals surface area contributed by atoms with E-state index in [1.54, 1.807) is 18.2 Å². The van der Waals surface area contributed by atoms with Crippen molar-refractivity contribution in [3.05, 3.63) is 75.6 Å². The molecule has 0 radical (unpaired) electrons. The normalized spacial score (nSPS) is 18.1. The molecule has 12 heteroatoms. The molecule has 2 unspecified atom stereocenters. The molecule has 3 aromatic heterocycles. The summed E-state index contributed by atoms with van der Waals surface area (Å²) >= 11 is 7.83. The Hall–Kier alpha value is -3.93. The summed E-state index contributed by atoms with van der Waals surface area (Å²) in [4.78, 5) is 26.3. The molecule has 1 amide bonds. The zero-order valence-electron chi connectivity index (χ0n) is 25.5. The lowest BCUT2D eigenvalue weighted by molar-refractivity contribution is -0.0980. The molecule has 2 aliphatic carbocycles. The fourth-order valence-electron chi connectivity index (χ4n) is 6.04. The molecule has 2 atom stereocenters. The van der Waals surface area contributed by atoms with Crippen LogP contribution in [0.5, 0.6) is 5.75 Å². The van der Waals surface area contributed by atoms with Crippen molar-refractivity contribution in [2.75, 3.05) is 20.2 Å². The van der Waals surface area contributed by atoms with Gasteiger partial charge in [-0.05, 0) is 57.0 Å². The molecule has 1 aliphatic heterocycles. The van der Waals surface area contributed by atoms with E-state index in [1.807, 2.05) is 35.2 Å². The van der Waals surface area contributed by atoms with Crippen LogP contribution in [0.15, 0.2) is 48.0 Å². The van der Waals surface area contributed by atoms with Gasteiger partial charge in [0, 0.05) is 57.2 Å². The number of amides is 1. The number of ether oxygens (including phenoxy) is 1. The molecule has 3 N–H and O–H groups in total. The van der Waals surface area contributed by atoms with Crippen LogP contribution in [0.4, 0.5) is 8.78 Å². The first kappa shape index (κ1) is 32.0. The van der Waals surface area contributed by atoms with E-state index in [9.17, 15) is 9.18 Å². The number of carbonyl (C=O) groups is 2. The second kappa shape index (κ2) is 12.7. The summed E-state index contributed by atoms with van der Waals surface area (Å²) in [5, 5.41) is 11.4. The molecule has 4 heterocycles. The maximum atomic E-state index is 16.0. The lowest BCUT2D eigenvalue weighted by atomic mass is 9.92. The lowest BCUT2D eigenvalue weighted by Crippen LogP contribution is -2.33. The SMILES string of the molecule is C=O.CC1COc2c1cc(C(CNC(=O)c1cc(Cl)c3nn(C4CC4)cc3c1)C1(F)CC1)nc2-c1csc2c(F)cccc12.CN. The first-order valence-corrected chi connectivity index (χ1v) is 16.4. The highest BCUT2D eigenvalue weighted by molar-refractivity contribution is 7.17. The second-order valence-corrected chi connectivity index (χ2v) is 13.1. The largest absolute Gasteiger partial charge is 0.490 e. The van der Waals surface area contributed by atoms with Crippen molar-refractivity contribution in [2.24, 2.45) is 5.73 Å². The fraction of sp³-hybridized carbons (Fsp3) is 0.353. The van der Waals surface area contributed by atoms with E-state index in [-0.39, 0.29) is 24.2 Å². The van der Waals surface area contributed by atoms with E-state index in [1.165, 1.54) is 24.5 Å². The minimum Gasteiger partial charge on any atom is -0.490 e. The van der Waals surface area contributed by atoms with Crippen molar-refractivity contribution in [1.82, 2.24) is 20.1 Å². The molecule has 240 valence electrons. The first-order valence-electron chi connectivity index (χ1n) is 15.1. The van der Waals surface area contributed by atoms with E-state index in [0.717, 1.165) is 34.7 Å². The third kappa shape index (κ3) is 5.76. The first-order chi connectivity index (χ1) is 22.3. The number of nitrogens with zero attached hydrogens (tertiary/aromatic N) is 3. The summed E-state index contributed by atoms with van der Waals surface area (Å²) in [5.41, 5.74) is 6.99. The summed E-state index contributed by atoms with van der Waals surface area (Å²) < 4.78 is 39.1. The Morgan fingerprint density at radius 2 is 2.02 bits per heavy atom. The predicted octanol–water partition coefficient (Wildman–Crippen LogP) is 7.34. The Labute approximate surface area is 273 Å². The Bertz CT molecular complexity index is 1940. The Kier molecular flexibility index (Phi) is 8.84. The van der Waals surface area contributed by atoms with Gasteiger partial charge in [-0.25, -0.2) is 13.8 Å². The molecule has 8 rings (SSSR count). The molecular weight excluding hydrogens is 632 g/mol. The van der Waals surface area contributed by atoms with E-state index >= 15 is 4.39 Å². The molecule has 46 heavy (non-hydrogen) atoms. The van der Waals surface area contributed by atoms with Crippen LogP contribution in [0, 0.1) is 5.82 Å². The topological polar surface area (TPSA) is 112 Å². The van der Waals surface area contributed by atoms with Crippen LogP contribution >= 0.6 is 22.9 Å². The number of benzene rings is 2. The van der Waals surface area contributed by atoms with Crippen LogP contribution in [0.1, 0.15) is 72.1 Å². The van der Waals surface area contributed by atoms with Gasteiger partial charge < -0.3 is 20.6 Å². The summed E-state index contributed by atoms with van der Waals surface area (Å²) in [7, 11) is 1.50. The van der Waals surface area contributed by atoms with Crippen molar-refractivity contribution in [1.29, 1.82) is 0 Å². The Balaban J connectivity index is 0.000000896. The van der Waals surface area contributed by atoms with Crippen LogP contribution in [0.2, 0.25) is 5.02 Å². The van der Waals surface area contributed by atoms with Gasteiger partial charge in [-0.15, -0.1) is 11.3 Å². The van der Waals surface area contributed by atoms with Gasteiger partial charge in [-0.2, -0.15) is 5.10 Å². The van der Waals surface area contributed by atoms with Crippen molar-refractivity contribution < 1.29 is 23.1 Å². The van der Waals surface area contributed by atoms with E-state index in [2.05, 4.69) is 23.1 Å². The monoisotopic (exact) mass is 665 g/mol. The zero-order chi connectivity index (χ0) is 32.7. The highest BCUT2D eigenvalue weighted by atomic mass is 35.5. The molecular formula is C34H34ClF2N5O3S. The number of hydrogen-bond donors (Lipinski definition) is 2. The van der Waals surface area contributed by atoms with Crippen molar-refractivity contribution >= 4 is 56.6 Å². The van der Waals surface area contributed by atoms with Gasteiger partial charge in [0.2, 0.25) is 0 Å². The van der Waals surface area contributed by atoms with Gasteiger partial charge in [0.1, 0.15) is 35.2 Å². The fourth-order valence-corrected chi connectivity index (χ4v) is 7.27. The maximum Gasteiger partial charge on any atom is 0.251 e. The van der Waals surface area contributed by atoms with Crippen LogP contribution < -0.4 is 15.8 Å². The Morgan fingerprint density at radius 3 is 2.74 bits per heavy atom. The number of rotatable bonds is 7. The van der Waals surface area contributed by atoms with E-state index in [0.29, 0.717) is 63.4 Å². The minimum absolute atomic E-state index is 0.0752. The smallest absolute Gasteiger partial charge is 0.251 e. The Morgan fingerprint density at radius 1 is 1.26 bits per heavy atom. The van der Waals surface area contributed by atoms with Crippen molar-refractivity contribution in [2.45, 2.75) is 56.2 Å². The van der Waals surface area contributed by atoms with Crippen molar-refractivity contribution in [3.63, 3.8) is 0 Å². The van der Waals surface area contributed by atoms with Crippen LogP contribution in [0.3, 0.4) is 0 Å². The predicted molar refractivity (Wildman–Crippen MR) is 177 cm³/mol. The summed E-state index contributed by atoms with van der Waals surface area (Å²) in [5.74, 6) is -0.513. The average Bonchev–Trinajstić information content (AvgIpc) is 3.91. The highest BCUT2D eigenvalue weighted by Gasteiger charge is 2.52. The number of aromatic nitrogens is 3. The molecule has 2 fully saturated rings. The molecule has 8 nitrogen and oxygen atoms in total. The number of nitrogens with two attached hydrogens (primary N) is 1. The van der Waals surface area contributed by atoms with Crippen molar-refractivity contribution in [3.8, 4) is 17.0 Å². The third-order valence-electron chi connectivity index (χ3n) is 8.78. The van der Waals surface area contributed by atoms with Crippen LogP contribution in [-0.4, -0.2) is 53.3 Å². The molecule has 0 saturated heterocycles. The third-order valence-corrected chi connectivity index (χ3v) is 10.1. The number of carbonyl (C=O) groups excluding carboxylic acids is 2. The zero-order valence-corrected chi connectivity index (χ0v) is 27.1. The van der Waals surface area contributed by atoms with Gasteiger partial charge in [0.05, 0.1) is 28.3 Å². The average molecular weight is 666 g/mol. The number of nitrogens with one attached hydrogen (secondary N) is 1. The van der Waals surface area contributed by atoms with Gasteiger partial charge in [-0.1, -0.05) is 30.7 Å². The van der Waals surface area contributed by atoms with Crippen LogP contribution in [-0.2, 0) is 4.79 Å². The van der Waals surface area contributed by atoms with E-state index < -0.39 is 11.6 Å². The lowest BCUT2D eigenvalue weighted by Gasteiger charge is -2.23. The summed E-state index contributed by atoms with van der Waals surface area (Å²) in [6.45, 7) is 4.63. The number of pyridine rings is 1. The molecule has 0 bridgehead atoms. The van der Waals surface area contributed by atoms with Crippen LogP contribution in [0.25, 0.3) is 32.2 Å². The highest BCUT2D eigenvalue weighted by Crippen LogP contribution is 2.52. The number of alkyl halides is 1. The number of fused-ring (bicyclic) bond motifs is 3. The molecule has 3 aliphatic rings. The van der Waals surface area contributed by atoms with E-state index in [4.69, 9.17) is 26.1 Å². The molecule has 0 spiro atoms. The van der Waals surface area contributed by atoms with Gasteiger partial charge in [0.25, 0.3) is 5.91 Å². The standard InChI is InChI=1S/C32H27ClF2N4O2S.CH5N.CH2O/c1-16-14-41-29-21(16)11-26(37-28(29)22-15-42-30-20(22)3-2-4-25(30)34)23(32(35)7-8-32)12-36-31(40)17-9-18-13-39(19-5-6-19)38-27(18)24(33)10-17;2*1-2/h2-4,9-11,13,15-16,19,23H,5-8,12,14H2,1H3,(H,36,40);2H2,1H3;1H2. The number of thiophene rings is 1. The quantitative estimate of drug-likeness (QED) is 0.188. The second-order valence-electron chi connectivity index (χ2n) is 11.8. The summed E-state index contributed by atoms with van der Waals surface area (Å²) in [6, 6.07) is 10.7. The molecule has 5 aromatic rings. The number of hydrogen-bond acceptors (Lipinski definition) is 7. The summed E-state index contributed by atoms with van der Waals surface area (Å²) in [6.07, 6.45) is 4.91. The van der Waals surface area contributed by atoms with Gasteiger partial charge in [-0.3, -0.25) is 9.48 Å². The molecule has 2 saturated carbocycles. The molecule has 2 aromatic carbocycles. The number of halogens is 3.